The number of hydrogen-bond acceptors (Lipinski definition) is 5. The van der Waals surface area contributed by atoms with E-state index in [1.807, 2.05) is 37.4 Å². The number of methoxy groups -OCH3 is 1. The summed E-state index contributed by atoms with van der Waals surface area (Å²) in [6.07, 6.45) is 1.76. The number of aryl methyl sites for hydroxylation is 2. The minimum atomic E-state index is -0.423. The number of nitrogen functional groups attached to an aromatic ring is 1. The van der Waals surface area contributed by atoms with Crippen molar-refractivity contribution in [3.8, 4) is 28.3 Å². The molecule has 148 valence electrons. The number of aromatic nitrogens is 4. The van der Waals surface area contributed by atoms with Crippen LogP contribution in [0.4, 0.5) is 10.2 Å². The Bertz CT molecular complexity index is 1200. The predicted octanol–water partition coefficient (Wildman–Crippen LogP) is 4.38. The molecular weight excluding hydrogens is 369 g/mol. The molecular formula is C22H22FN5O. The summed E-state index contributed by atoms with van der Waals surface area (Å²) in [4.78, 5) is 9.33. The standard InChI is InChI=1S/C22H22FN5O/c1-4-7-17-19-20(28(2)27-17)21(24)26-22(25-19)15-9-6-5-8-14(15)13-10-11-18(29-3)16(23)12-13/h5-6,8-12H,4,7H2,1-3H3,(H2,24,25,26). The van der Waals surface area contributed by atoms with Crippen molar-refractivity contribution in [3.63, 3.8) is 0 Å². The molecule has 2 N–H and O–H groups in total. The van der Waals surface area contributed by atoms with Crippen LogP contribution in [0, 0.1) is 5.82 Å². The molecule has 0 aliphatic heterocycles. The molecule has 0 aliphatic rings. The predicted molar refractivity (Wildman–Crippen MR) is 112 cm³/mol. The molecule has 7 heteroatoms. The zero-order valence-electron chi connectivity index (χ0n) is 16.6. The van der Waals surface area contributed by atoms with E-state index in [4.69, 9.17) is 15.5 Å². The van der Waals surface area contributed by atoms with Crippen molar-refractivity contribution in [2.24, 2.45) is 7.05 Å². The average molecular weight is 391 g/mol. The van der Waals surface area contributed by atoms with Gasteiger partial charge in [0.05, 0.1) is 12.8 Å². The molecule has 0 fully saturated rings. The van der Waals surface area contributed by atoms with Crippen LogP contribution in [0.3, 0.4) is 0 Å². The first kappa shape index (κ1) is 18.9. The van der Waals surface area contributed by atoms with Crippen LogP contribution in [0.25, 0.3) is 33.5 Å². The molecule has 2 aromatic carbocycles. The third-order valence-corrected chi connectivity index (χ3v) is 4.90. The Morgan fingerprint density at radius 1 is 1.10 bits per heavy atom. The molecule has 29 heavy (non-hydrogen) atoms. The van der Waals surface area contributed by atoms with E-state index in [2.05, 4.69) is 17.0 Å². The second-order valence-electron chi connectivity index (χ2n) is 6.84. The van der Waals surface area contributed by atoms with E-state index in [0.717, 1.165) is 40.7 Å². The summed E-state index contributed by atoms with van der Waals surface area (Å²) in [5, 5.41) is 4.56. The quantitative estimate of drug-likeness (QED) is 0.546. The molecule has 0 atom stereocenters. The highest BCUT2D eigenvalue weighted by molar-refractivity contribution is 5.90. The highest BCUT2D eigenvalue weighted by atomic mass is 19.1. The third-order valence-electron chi connectivity index (χ3n) is 4.90. The molecule has 0 saturated heterocycles. The summed E-state index contributed by atoms with van der Waals surface area (Å²) in [7, 11) is 3.29. The second-order valence-corrected chi connectivity index (χ2v) is 6.84. The number of halogens is 1. The maximum Gasteiger partial charge on any atom is 0.165 e. The first-order valence-corrected chi connectivity index (χ1v) is 9.45. The molecule has 0 saturated carbocycles. The van der Waals surface area contributed by atoms with Crippen LogP contribution in [0.1, 0.15) is 19.0 Å². The molecule has 2 heterocycles. The van der Waals surface area contributed by atoms with Gasteiger partial charge in [-0.2, -0.15) is 5.10 Å². The van der Waals surface area contributed by atoms with E-state index in [1.165, 1.54) is 13.2 Å². The minimum Gasteiger partial charge on any atom is -0.494 e. The summed E-state index contributed by atoms with van der Waals surface area (Å²) in [6, 6.07) is 12.5. The number of nitrogens with two attached hydrogens (primary N) is 1. The number of ether oxygens (including phenoxy) is 1. The van der Waals surface area contributed by atoms with Crippen molar-refractivity contribution >= 4 is 16.9 Å². The van der Waals surface area contributed by atoms with E-state index in [-0.39, 0.29) is 5.75 Å². The third kappa shape index (κ3) is 3.29. The highest BCUT2D eigenvalue weighted by Gasteiger charge is 2.18. The van der Waals surface area contributed by atoms with Gasteiger partial charge in [-0.15, -0.1) is 0 Å². The summed E-state index contributed by atoms with van der Waals surface area (Å²) >= 11 is 0. The van der Waals surface area contributed by atoms with Gasteiger partial charge in [-0.05, 0) is 29.7 Å². The van der Waals surface area contributed by atoms with Crippen LogP contribution in [-0.2, 0) is 13.5 Å². The van der Waals surface area contributed by atoms with Crippen molar-refractivity contribution in [2.45, 2.75) is 19.8 Å². The Hall–Kier alpha value is -3.48. The van der Waals surface area contributed by atoms with Gasteiger partial charge in [0.15, 0.2) is 23.2 Å². The van der Waals surface area contributed by atoms with Crippen LogP contribution >= 0.6 is 0 Å². The van der Waals surface area contributed by atoms with Gasteiger partial charge in [0.2, 0.25) is 0 Å². The van der Waals surface area contributed by atoms with Gasteiger partial charge in [-0.1, -0.05) is 43.7 Å². The zero-order valence-corrected chi connectivity index (χ0v) is 16.6. The zero-order chi connectivity index (χ0) is 20.5. The number of hydrogen-bond donors (Lipinski definition) is 1. The van der Waals surface area contributed by atoms with Crippen molar-refractivity contribution in [1.29, 1.82) is 0 Å². The Morgan fingerprint density at radius 3 is 2.55 bits per heavy atom. The van der Waals surface area contributed by atoms with E-state index in [9.17, 15) is 4.39 Å². The fraction of sp³-hybridized carbons (Fsp3) is 0.227. The molecule has 0 aliphatic carbocycles. The first-order chi connectivity index (χ1) is 14.0. The number of nitrogens with zero attached hydrogens (tertiary/aromatic N) is 4. The highest BCUT2D eigenvalue weighted by Crippen LogP contribution is 2.34. The Morgan fingerprint density at radius 2 is 1.86 bits per heavy atom. The average Bonchev–Trinajstić information content (AvgIpc) is 3.04. The Kier molecular flexibility index (Phi) is 4.88. The van der Waals surface area contributed by atoms with Crippen LogP contribution in [0.5, 0.6) is 5.75 Å². The summed E-state index contributed by atoms with van der Waals surface area (Å²) in [5.74, 6) is 0.645. The van der Waals surface area contributed by atoms with Crippen LogP contribution in [-0.4, -0.2) is 26.9 Å². The smallest absolute Gasteiger partial charge is 0.165 e. The fourth-order valence-electron chi connectivity index (χ4n) is 3.56. The molecule has 2 aromatic heterocycles. The number of anilines is 1. The monoisotopic (exact) mass is 391 g/mol. The topological polar surface area (TPSA) is 78.9 Å². The molecule has 0 spiro atoms. The molecule has 0 amide bonds. The van der Waals surface area contributed by atoms with Crippen molar-refractivity contribution in [3.05, 3.63) is 54.0 Å². The van der Waals surface area contributed by atoms with Crippen molar-refractivity contribution in [2.75, 3.05) is 12.8 Å². The first-order valence-electron chi connectivity index (χ1n) is 9.45. The minimum absolute atomic E-state index is 0.202. The summed E-state index contributed by atoms with van der Waals surface area (Å²) in [6.45, 7) is 2.10. The van der Waals surface area contributed by atoms with Gasteiger partial charge in [-0.25, -0.2) is 14.4 Å². The van der Waals surface area contributed by atoms with Gasteiger partial charge in [-0.3, -0.25) is 4.68 Å². The lowest BCUT2D eigenvalue weighted by Gasteiger charge is -2.11. The van der Waals surface area contributed by atoms with E-state index < -0.39 is 5.82 Å². The van der Waals surface area contributed by atoms with Crippen molar-refractivity contribution < 1.29 is 9.13 Å². The van der Waals surface area contributed by atoms with E-state index >= 15 is 0 Å². The summed E-state index contributed by atoms with van der Waals surface area (Å²) < 4.78 is 21.0. The summed E-state index contributed by atoms with van der Waals surface area (Å²) in [5.41, 5.74) is 10.9. The second kappa shape index (κ2) is 7.50. The van der Waals surface area contributed by atoms with E-state index in [1.54, 1.807) is 10.7 Å². The molecule has 0 bridgehead atoms. The maximum absolute atomic E-state index is 14.3. The number of benzene rings is 2. The van der Waals surface area contributed by atoms with Gasteiger partial charge >= 0.3 is 0 Å². The molecule has 0 unspecified atom stereocenters. The fourth-order valence-corrected chi connectivity index (χ4v) is 3.56. The van der Waals surface area contributed by atoms with Gasteiger partial charge in [0, 0.05) is 12.6 Å². The van der Waals surface area contributed by atoms with Crippen molar-refractivity contribution in [1.82, 2.24) is 19.7 Å². The van der Waals surface area contributed by atoms with E-state index in [0.29, 0.717) is 17.2 Å². The molecule has 0 radical (unpaired) electrons. The lowest BCUT2D eigenvalue weighted by Crippen LogP contribution is -2.01. The van der Waals surface area contributed by atoms with Gasteiger partial charge < -0.3 is 10.5 Å². The van der Waals surface area contributed by atoms with Gasteiger partial charge in [0.1, 0.15) is 11.0 Å². The van der Waals surface area contributed by atoms with Crippen LogP contribution in [0.15, 0.2) is 42.5 Å². The van der Waals surface area contributed by atoms with Gasteiger partial charge in [0.25, 0.3) is 0 Å². The largest absolute Gasteiger partial charge is 0.494 e. The molecule has 6 nitrogen and oxygen atoms in total. The number of rotatable bonds is 5. The number of fused-ring (bicyclic) bond motifs is 1. The van der Waals surface area contributed by atoms with Crippen LogP contribution < -0.4 is 10.5 Å². The lowest BCUT2D eigenvalue weighted by atomic mass is 9.98. The Labute approximate surface area is 168 Å². The molecule has 4 aromatic rings. The normalized spacial score (nSPS) is 11.2. The molecule has 4 rings (SSSR count). The van der Waals surface area contributed by atoms with Crippen LogP contribution in [0.2, 0.25) is 0 Å². The SMILES string of the molecule is CCCc1nn(C)c2c(N)nc(-c3ccccc3-c3ccc(OC)c(F)c3)nc12. The maximum atomic E-state index is 14.3. The Balaban J connectivity index is 1.91. The lowest BCUT2D eigenvalue weighted by molar-refractivity contribution is 0.386.